The highest BCUT2D eigenvalue weighted by Crippen LogP contribution is 2.37. The molecule has 0 bridgehead atoms. The molecule has 30 heavy (non-hydrogen) atoms. The minimum Gasteiger partial charge on any atom is -0.356 e. The zero-order valence-corrected chi connectivity index (χ0v) is 18.5. The fourth-order valence-corrected chi connectivity index (χ4v) is 4.44. The fraction of sp³-hybridized carbons (Fsp3) is 0.636. The second-order valence-corrected chi connectivity index (χ2v) is 8.91. The van der Waals surface area contributed by atoms with E-state index in [1.165, 1.54) is 0 Å². The van der Waals surface area contributed by atoms with Crippen molar-refractivity contribution in [3.8, 4) is 11.3 Å². The molecule has 0 aliphatic carbocycles. The molecule has 4 rings (SSSR count). The van der Waals surface area contributed by atoms with Gasteiger partial charge in [-0.3, -0.25) is 10.2 Å². The Kier molecular flexibility index (Phi) is 5.88. The molecule has 8 heteroatoms. The van der Waals surface area contributed by atoms with E-state index < -0.39 is 0 Å². The van der Waals surface area contributed by atoms with Crippen LogP contribution >= 0.6 is 0 Å². The van der Waals surface area contributed by atoms with Gasteiger partial charge in [-0.05, 0) is 52.4 Å². The van der Waals surface area contributed by atoms with Gasteiger partial charge in [0.15, 0.2) is 5.76 Å². The Morgan fingerprint density at radius 3 is 2.70 bits per heavy atom. The first-order chi connectivity index (χ1) is 14.4. The van der Waals surface area contributed by atoms with Crippen LogP contribution in [-0.2, 0) is 4.79 Å². The molecule has 8 nitrogen and oxygen atoms in total. The van der Waals surface area contributed by atoms with Crippen LogP contribution in [-0.4, -0.2) is 44.6 Å². The fourth-order valence-electron chi connectivity index (χ4n) is 4.44. The summed E-state index contributed by atoms with van der Waals surface area (Å²) in [6.45, 7) is 10.9. The Morgan fingerprint density at radius 2 is 2.03 bits per heavy atom. The van der Waals surface area contributed by atoms with Crippen molar-refractivity contribution >= 4 is 5.91 Å². The van der Waals surface area contributed by atoms with Gasteiger partial charge < -0.3 is 9.42 Å². The van der Waals surface area contributed by atoms with E-state index in [1.807, 2.05) is 31.9 Å². The van der Waals surface area contributed by atoms with E-state index in [4.69, 9.17) is 9.51 Å². The molecule has 2 aromatic heterocycles. The third kappa shape index (κ3) is 3.86. The smallest absolute Gasteiger partial charge is 0.241 e. The third-order valence-corrected chi connectivity index (χ3v) is 6.48. The molecule has 2 aliphatic rings. The number of aromatic nitrogens is 3. The van der Waals surface area contributed by atoms with Gasteiger partial charge in [-0.25, -0.2) is 15.4 Å². The van der Waals surface area contributed by atoms with Crippen LogP contribution in [0.1, 0.15) is 68.3 Å². The van der Waals surface area contributed by atoms with Gasteiger partial charge in [0.05, 0.1) is 23.0 Å². The van der Waals surface area contributed by atoms with Crippen molar-refractivity contribution in [3.63, 3.8) is 0 Å². The number of aryl methyl sites for hydroxylation is 2. The molecule has 3 atom stereocenters. The zero-order chi connectivity index (χ0) is 21.4. The molecule has 2 fully saturated rings. The van der Waals surface area contributed by atoms with Gasteiger partial charge in [-0.1, -0.05) is 19.0 Å². The number of amides is 1. The molecule has 0 radical (unpaired) electrons. The maximum Gasteiger partial charge on any atom is 0.241 e. The Hall–Kier alpha value is -2.32. The molecule has 0 aromatic carbocycles. The van der Waals surface area contributed by atoms with Crippen LogP contribution in [0.4, 0.5) is 0 Å². The molecule has 2 aliphatic heterocycles. The first-order valence-corrected chi connectivity index (χ1v) is 10.9. The molecular formula is C22H32N6O2. The highest BCUT2D eigenvalue weighted by Gasteiger charge is 2.38. The third-order valence-electron chi connectivity index (χ3n) is 6.48. The van der Waals surface area contributed by atoms with Crippen LogP contribution in [0.15, 0.2) is 10.7 Å². The number of carbonyl (C=O) groups is 1. The minimum atomic E-state index is -0.210. The summed E-state index contributed by atoms with van der Waals surface area (Å²) < 4.78 is 5.63. The topological polar surface area (TPSA) is 96.2 Å². The van der Waals surface area contributed by atoms with E-state index in [1.54, 1.807) is 0 Å². The predicted octanol–water partition coefficient (Wildman–Crippen LogP) is 3.00. The summed E-state index contributed by atoms with van der Waals surface area (Å²) in [4.78, 5) is 24.7. The number of hydrazine groups is 1. The van der Waals surface area contributed by atoms with Crippen molar-refractivity contribution in [2.45, 2.75) is 78.4 Å². The molecule has 3 unspecified atom stereocenters. The zero-order valence-electron chi connectivity index (χ0n) is 18.5. The number of hydrogen-bond acceptors (Lipinski definition) is 7. The van der Waals surface area contributed by atoms with Crippen LogP contribution in [0.25, 0.3) is 11.3 Å². The minimum absolute atomic E-state index is 0.0901. The van der Waals surface area contributed by atoms with Crippen molar-refractivity contribution in [2.75, 3.05) is 6.54 Å². The van der Waals surface area contributed by atoms with Gasteiger partial charge in [0, 0.05) is 24.3 Å². The van der Waals surface area contributed by atoms with Crippen LogP contribution in [0.5, 0.6) is 0 Å². The van der Waals surface area contributed by atoms with Crippen molar-refractivity contribution in [2.24, 2.45) is 5.92 Å². The van der Waals surface area contributed by atoms with Gasteiger partial charge in [-0.15, -0.1) is 0 Å². The number of rotatable bonds is 4. The Morgan fingerprint density at radius 1 is 1.23 bits per heavy atom. The Bertz CT molecular complexity index is 924. The summed E-state index contributed by atoms with van der Waals surface area (Å²) in [5.74, 6) is 2.01. The normalized spacial score (nSPS) is 24.6. The first-order valence-electron chi connectivity index (χ1n) is 10.9. The quantitative estimate of drug-likeness (QED) is 0.797. The van der Waals surface area contributed by atoms with Gasteiger partial charge >= 0.3 is 0 Å². The van der Waals surface area contributed by atoms with E-state index in [-0.39, 0.29) is 18.0 Å². The highest BCUT2D eigenvalue weighted by atomic mass is 16.5. The van der Waals surface area contributed by atoms with Crippen molar-refractivity contribution in [3.05, 3.63) is 29.0 Å². The molecular weight excluding hydrogens is 380 g/mol. The lowest BCUT2D eigenvalue weighted by atomic mass is 9.93. The van der Waals surface area contributed by atoms with Crippen molar-refractivity contribution < 1.29 is 9.32 Å². The van der Waals surface area contributed by atoms with Gasteiger partial charge in [-0.2, -0.15) is 0 Å². The number of likely N-dealkylation sites (tertiary alicyclic amines) is 1. The van der Waals surface area contributed by atoms with E-state index in [0.29, 0.717) is 23.5 Å². The molecule has 4 heterocycles. The average molecular weight is 413 g/mol. The molecule has 1 amide bonds. The van der Waals surface area contributed by atoms with Gasteiger partial charge in [0.2, 0.25) is 5.91 Å². The number of hydrogen-bond donors (Lipinski definition) is 2. The summed E-state index contributed by atoms with van der Waals surface area (Å²) >= 11 is 0. The summed E-state index contributed by atoms with van der Waals surface area (Å²) in [6.07, 6.45) is 5.57. The predicted molar refractivity (Wildman–Crippen MR) is 113 cm³/mol. The SMILES string of the molecule is Cc1ncc(-c2onc(C)c2C)c(C2CCCCN2C(=O)C2CC(C(C)C)NN2)n1. The second kappa shape index (κ2) is 8.43. The van der Waals surface area contributed by atoms with Gasteiger partial charge in [0.1, 0.15) is 11.9 Å². The lowest BCUT2D eigenvalue weighted by Crippen LogP contribution is -2.49. The monoisotopic (exact) mass is 412 g/mol. The maximum absolute atomic E-state index is 13.5. The van der Waals surface area contributed by atoms with Crippen molar-refractivity contribution in [1.29, 1.82) is 0 Å². The number of nitrogens with zero attached hydrogens (tertiary/aromatic N) is 4. The summed E-state index contributed by atoms with van der Waals surface area (Å²) in [6, 6.07) is 0.00478. The van der Waals surface area contributed by atoms with E-state index in [9.17, 15) is 4.79 Å². The number of piperidine rings is 1. The van der Waals surface area contributed by atoms with E-state index >= 15 is 0 Å². The molecule has 0 saturated carbocycles. The Labute approximate surface area is 177 Å². The van der Waals surface area contributed by atoms with Crippen LogP contribution < -0.4 is 10.9 Å². The largest absolute Gasteiger partial charge is 0.356 e. The van der Waals surface area contributed by atoms with Crippen LogP contribution in [0.2, 0.25) is 0 Å². The lowest BCUT2D eigenvalue weighted by Gasteiger charge is -2.37. The second-order valence-electron chi connectivity index (χ2n) is 8.91. The summed E-state index contributed by atoms with van der Waals surface area (Å²) in [7, 11) is 0. The average Bonchev–Trinajstić information content (AvgIpc) is 3.36. The molecule has 2 aromatic rings. The molecule has 2 saturated heterocycles. The molecule has 162 valence electrons. The number of nitrogens with one attached hydrogen (secondary N) is 2. The summed E-state index contributed by atoms with van der Waals surface area (Å²) in [5, 5.41) is 4.11. The highest BCUT2D eigenvalue weighted by molar-refractivity contribution is 5.83. The lowest BCUT2D eigenvalue weighted by molar-refractivity contribution is -0.137. The first kappa shape index (κ1) is 20.9. The maximum atomic E-state index is 13.5. The van der Waals surface area contributed by atoms with E-state index in [2.05, 4.69) is 34.8 Å². The van der Waals surface area contributed by atoms with Crippen molar-refractivity contribution in [1.82, 2.24) is 30.9 Å². The van der Waals surface area contributed by atoms with Gasteiger partial charge in [0.25, 0.3) is 0 Å². The van der Waals surface area contributed by atoms with Crippen LogP contribution in [0.3, 0.4) is 0 Å². The number of carbonyl (C=O) groups excluding carboxylic acids is 1. The van der Waals surface area contributed by atoms with E-state index in [0.717, 1.165) is 54.7 Å². The summed E-state index contributed by atoms with van der Waals surface area (Å²) in [5.41, 5.74) is 10.1. The Balaban J connectivity index is 1.67. The standard InChI is InChI=1S/C22H32N6O2/c1-12(2)17-10-18(26-25-17)22(29)28-9-7-6-8-19(28)20-16(11-23-15(5)24-20)21-13(3)14(4)27-30-21/h11-12,17-19,25-26H,6-10H2,1-5H3. The molecule has 2 N–H and O–H groups in total. The molecule has 0 spiro atoms. The van der Waals surface area contributed by atoms with Crippen LogP contribution in [0, 0.1) is 26.7 Å².